The molecular weight excluding hydrogens is 238 g/mol. The van der Waals surface area contributed by atoms with Gasteiger partial charge in [0.15, 0.2) is 5.12 Å². The van der Waals surface area contributed by atoms with E-state index >= 15 is 0 Å². The largest absolute Gasteiger partial charge is 0.395 e. The minimum atomic E-state index is -3.28. The van der Waals surface area contributed by atoms with Crippen molar-refractivity contribution in [1.29, 1.82) is 0 Å². The molecule has 7 heteroatoms. The highest BCUT2D eigenvalue weighted by atomic mass is 32.2. The number of aliphatic hydroxyl groups excluding tert-OH is 1. The molecule has 88 valence electrons. The summed E-state index contributed by atoms with van der Waals surface area (Å²) < 4.78 is 24.0. The Balaban J connectivity index is 2.71. The Morgan fingerprint density at radius 1 is 1.60 bits per heavy atom. The number of hydrogen-bond donors (Lipinski definition) is 1. The summed E-state index contributed by atoms with van der Waals surface area (Å²) in [7, 11) is -3.28. The second-order valence-electron chi connectivity index (χ2n) is 3.64. The van der Waals surface area contributed by atoms with E-state index in [2.05, 4.69) is 0 Å². The fourth-order valence-corrected chi connectivity index (χ4v) is 4.00. The Morgan fingerprint density at radius 3 is 2.53 bits per heavy atom. The number of nitrogens with zero attached hydrogens (tertiary/aromatic N) is 1. The van der Waals surface area contributed by atoms with Gasteiger partial charge in [0.05, 0.1) is 12.9 Å². The molecule has 1 heterocycles. The molecule has 2 unspecified atom stereocenters. The summed E-state index contributed by atoms with van der Waals surface area (Å²) in [5.74, 6) is 0. The molecule has 0 saturated carbocycles. The number of carbonyl (C=O) groups is 1. The highest BCUT2D eigenvalue weighted by Crippen LogP contribution is 2.29. The molecule has 1 saturated heterocycles. The Hall–Kier alpha value is -0.110. The van der Waals surface area contributed by atoms with Crippen LogP contribution < -0.4 is 0 Å². The molecule has 5 nitrogen and oxygen atoms in total. The van der Waals surface area contributed by atoms with E-state index in [0.29, 0.717) is 13.0 Å². The Labute approximate surface area is 93.9 Å². The molecule has 1 rings (SSSR count). The molecule has 0 amide bonds. The summed E-state index contributed by atoms with van der Waals surface area (Å²) in [6.45, 7) is 1.58. The van der Waals surface area contributed by atoms with Crippen LogP contribution in [0.3, 0.4) is 0 Å². The lowest BCUT2D eigenvalue weighted by atomic mass is 10.2. The average molecular weight is 253 g/mol. The fraction of sp³-hybridized carbons (Fsp3) is 0.875. The predicted molar refractivity (Wildman–Crippen MR) is 59.1 cm³/mol. The maximum absolute atomic E-state index is 11.4. The van der Waals surface area contributed by atoms with Crippen molar-refractivity contribution in [2.75, 3.05) is 19.4 Å². The third-order valence-electron chi connectivity index (χ3n) is 2.30. The second kappa shape index (κ2) is 4.82. The third kappa shape index (κ3) is 3.44. The summed E-state index contributed by atoms with van der Waals surface area (Å²) >= 11 is 1.14. The zero-order chi connectivity index (χ0) is 11.6. The SMILES string of the molecule is CC(=O)SC1CC(CO)N(S(C)(=O)=O)C1. The van der Waals surface area contributed by atoms with Crippen molar-refractivity contribution >= 4 is 26.9 Å². The van der Waals surface area contributed by atoms with Crippen molar-refractivity contribution in [1.82, 2.24) is 4.31 Å². The van der Waals surface area contributed by atoms with E-state index in [0.717, 1.165) is 18.0 Å². The minimum absolute atomic E-state index is 0.0213. The molecule has 15 heavy (non-hydrogen) atoms. The number of sulfonamides is 1. The van der Waals surface area contributed by atoms with Crippen LogP contribution in [0.2, 0.25) is 0 Å². The first-order valence-corrected chi connectivity index (χ1v) is 7.32. The van der Waals surface area contributed by atoms with Gasteiger partial charge in [0.25, 0.3) is 0 Å². The van der Waals surface area contributed by atoms with Gasteiger partial charge in [-0.2, -0.15) is 4.31 Å². The van der Waals surface area contributed by atoms with Gasteiger partial charge in [0, 0.05) is 24.8 Å². The van der Waals surface area contributed by atoms with E-state index in [-0.39, 0.29) is 23.0 Å². The zero-order valence-corrected chi connectivity index (χ0v) is 10.3. The van der Waals surface area contributed by atoms with Crippen molar-refractivity contribution in [3.05, 3.63) is 0 Å². The molecule has 1 fully saturated rings. The number of aliphatic hydroxyl groups is 1. The monoisotopic (exact) mass is 253 g/mol. The second-order valence-corrected chi connectivity index (χ2v) is 7.05. The van der Waals surface area contributed by atoms with Gasteiger partial charge in [-0.15, -0.1) is 0 Å². The fourth-order valence-electron chi connectivity index (χ4n) is 1.74. The predicted octanol–water partition coefficient (Wildman–Crippen LogP) is -0.339. The highest BCUT2D eigenvalue weighted by molar-refractivity contribution is 8.14. The molecule has 0 aliphatic carbocycles. The van der Waals surface area contributed by atoms with Gasteiger partial charge >= 0.3 is 0 Å². The van der Waals surface area contributed by atoms with Gasteiger partial charge in [-0.05, 0) is 6.42 Å². The molecule has 0 bridgehead atoms. The van der Waals surface area contributed by atoms with Gasteiger partial charge in [-0.25, -0.2) is 8.42 Å². The zero-order valence-electron chi connectivity index (χ0n) is 8.71. The molecule has 1 aliphatic heterocycles. The molecule has 0 aromatic carbocycles. The number of thioether (sulfide) groups is 1. The standard InChI is InChI=1S/C8H15NO4S2/c1-6(11)14-8-3-7(5-10)9(4-8)15(2,12)13/h7-8,10H,3-5H2,1-2H3. The molecule has 0 aromatic rings. The van der Waals surface area contributed by atoms with Crippen LogP contribution in [0.15, 0.2) is 0 Å². The molecule has 0 spiro atoms. The van der Waals surface area contributed by atoms with Gasteiger partial charge in [-0.1, -0.05) is 11.8 Å². The third-order valence-corrected chi connectivity index (χ3v) is 4.60. The first-order valence-electron chi connectivity index (χ1n) is 4.59. The van der Waals surface area contributed by atoms with E-state index in [4.69, 9.17) is 5.11 Å². The van der Waals surface area contributed by atoms with Crippen LogP contribution in [0, 0.1) is 0 Å². The van der Waals surface area contributed by atoms with Crippen LogP contribution >= 0.6 is 11.8 Å². The average Bonchev–Trinajstić information content (AvgIpc) is 2.45. The van der Waals surface area contributed by atoms with Crippen molar-refractivity contribution in [3.63, 3.8) is 0 Å². The van der Waals surface area contributed by atoms with Crippen molar-refractivity contribution in [3.8, 4) is 0 Å². The molecule has 0 aromatic heterocycles. The molecule has 2 atom stereocenters. The van der Waals surface area contributed by atoms with E-state index in [9.17, 15) is 13.2 Å². The first-order chi connectivity index (χ1) is 6.84. The summed E-state index contributed by atoms with van der Waals surface area (Å²) in [6, 6.07) is -0.378. The van der Waals surface area contributed by atoms with Gasteiger partial charge < -0.3 is 5.11 Å². The minimum Gasteiger partial charge on any atom is -0.395 e. The summed E-state index contributed by atoms with van der Waals surface area (Å²) in [6.07, 6.45) is 1.66. The highest BCUT2D eigenvalue weighted by Gasteiger charge is 2.37. The van der Waals surface area contributed by atoms with Crippen LogP contribution in [0.5, 0.6) is 0 Å². The van der Waals surface area contributed by atoms with E-state index in [1.165, 1.54) is 11.2 Å². The van der Waals surface area contributed by atoms with E-state index in [1.807, 2.05) is 0 Å². The van der Waals surface area contributed by atoms with Crippen molar-refractivity contribution in [2.24, 2.45) is 0 Å². The molecule has 1 N–H and O–H groups in total. The Morgan fingerprint density at radius 2 is 2.20 bits per heavy atom. The normalized spacial score (nSPS) is 28.2. The van der Waals surface area contributed by atoms with Crippen LogP contribution in [0.1, 0.15) is 13.3 Å². The maximum atomic E-state index is 11.4. The number of carbonyl (C=O) groups excluding carboxylic acids is 1. The lowest BCUT2D eigenvalue weighted by Crippen LogP contribution is -2.37. The topological polar surface area (TPSA) is 74.7 Å². The summed E-state index contributed by atoms with van der Waals surface area (Å²) in [5.41, 5.74) is 0. The molecule has 0 radical (unpaired) electrons. The Bertz CT molecular complexity index is 341. The van der Waals surface area contributed by atoms with Gasteiger partial charge in [0.1, 0.15) is 0 Å². The quantitative estimate of drug-likeness (QED) is 0.745. The molecular formula is C8H15NO4S2. The maximum Gasteiger partial charge on any atom is 0.211 e. The van der Waals surface area contributed by atoms with Gasteiger partial charge in [0.2, 0.25) is 10.0 Å². The number of rotatable bonds is 3. The van der Waals surface area contributed by atoms with Crippen LogP contribution in [-0.4, -0.2) is 53.6 Å². The van der Waals surface area contributed by atoms with Gasteiger partial charge in [-0.3, -0.25) is 4.79 Å². The van der Waals surface area contributed by atoms with E-state index < -0.39 is 10.0 Å². The first kappa shape index (κ1) is 13.0. The Kier molecular flexibility index (Phi) is 4.16. The van der Waals surface area contributed by atoms with Crippen molar-refractivity contribution in [2.45, 2.75) is 24.6 Å². The molecule has 1 aliphatic rings. The number of hydrogen-bond acceptors (Lipinski definition) is 5. The summed E-state index contributed by atoms with van der Waals surface area (Å²) in [4.78, 5) is 10.9. The lowest BCUT2D eigenvalue weighted by Gasteiger charge is -2.19. The van der Waals surface area contributed by atoms with Crippen LogP contribution in [0.25, 0.3) is 0 Å². The van der Waals surface area contributed by atoms with Crippen molar-refractivity contribution < 1.29 is 18.3 Å². The van der Waals surface area contributed by atoms with Crippen LogP contribution in [0.4, 0.5) is 0 Å². The summed E-state index contributed by atoms with van der Waals surface area (Å²) in [5, 5.41) is 9.00. The van der Waals surface area contributed by atoms with E-state index in [1.54, 1.807) is 0 Å². The smallest absolute Gasteiger partial charge is 0.211 e. The lowest BCUT2D eigenvalue weighted by molar-refractivity contribution is -0.109. The van der Waals surface area contributed by atoms with Crippen LogP contribution in [-0.2, 0) is 14.8 Å².